The van der Waals surface area contributed by atoms with Crippen LogP contribution in [0.3, 0.4) is 0 Å². The largest absolute Gasteiger partial charge is 0.0125 e. The van der Waals surface area contributed by atoms with Crippen LogP contribution in [-0.4, -0.2) is 19.5 Å². The Morgan fingerprint density at radius 2 is 0.800 bits per heavy atom. The summed E-state index contributed by atoms with van der Waals surface area (Å²) in [5.74, 6) is 0. The van der Waals surface area contributed by atoms with Gasteiger partial charge in [0.05, 0.1) is 0 Å². The molecule has 0 aromatic carbocycles. The summed E-state index contributed by atoms with van der Waals surface area (Å²) in [5.41, 5.74) is 0. The Bertz CT molecular complexity index is 7.61. The summed E-state index contributed by atoms with van der Waals surface area (Å²) in [6.45, 7) is 0. The van der Waals surface area contributed by atoms with Gasteiger partial charge in [0.25, 0.3) is 0 Å². The van der Waals surface area contributed by atoms with Crippen molar-refractivity contribution in [3.05, 3.63) is 0 Å². The maximum Gasteiger partial charge on any atom is 0 e. The minimum absolute atomic E-state index is 0. The van der Waals surface area contributed by atoms with Gasteiger partial charge in [-0.05, 0) is 19.5 Å². The van der Waals surface area contributed by atoms with Gasteiger partial charge in [-0.15, -0.1) is 0 Å². The monoisotopic (exact) mass is 230 g/mol. The molecule has 0 fully saturated rings. The van der Waals surface area contributed by atoms with E-state index < -0.39 is 0 Å². The minimum atomic E-state index is 0. The summed E-state index contributed by atoms with van der Waals surface area (Å²) in [6.07, 6.45) is 0. The van der Waals surface area contributed by atoms with Crippen LogP contribution in [0.4, 0.5) is 0 Å². The predicted octanol–water partition coefficient (Wildman–Crippen LogP) is -2.38. The van der Waals surface area contributed by atoms with E-state index in [9.17, 15) is 0 Å². The van der Waals surface area contributed by atoms with Crippen LogP contribution in [0, 0.1) is 0 Å². The average Bonchev–Trinajstić information content (AvgIpc) is 1.00. The molecule has 0 aromatic rings. The van der Waals surface area contributed by atoms with Crippen molar-refractivity contribution in [1.82, 2.24) is 0 Å². The van der Waals surface area contributed by atoms with Crippen LogP contribution in [0.15, 0.2) is 0 Å². The summed E-state index contributed by atoms with van der Waals surface area (Å²) in [4.78, 5) is 0. The fourth-order valence-electron chi connectivity index (χ4n) is 0. The molecule has 0 saturated heterocycles. The Balaban J connectivity index is -0.00000000167. The first-order chi connectivity index (χ1) is 1.00. The minimum Gasteiger partial charge on any atom is -0.0125 e. The molecule has 0 amide bonds. The Morgan fingerprint density at radius 3 is 0.800 bits per heavy atom. The van der Waals surface area contributed by atoms with E-state index in [1.165, 1.54) is 19.5 Å². The molecule has 0 nitrogen and oxygen atoms in total. The van der Waals surface area contributed by atoms with Crippen LogP contribution in [-0.2, 0) is 50.3 Å². The molecule has 0 aromatic heterocycles. The van der Waals surface area contributed by atoms with E-state index in [2.05, 4.69) is 0 Å². The van der Waals surface area contributed by atoms with Crippen molar-refractivity contribution in [2.75, 3.05) is 0 Å². The van der Waals surface area contributed by atoms with Crippen molar-refractivity contribution < 1.29 is 50.3 Å². The summed E-state index contributed by atoms with van der Waals surface area (Å²) in [6, 6.07) is 0. The molecule has 0 N–H and O–H groups in total. The SMILES string of the molecule is [Cr].[Ni].[Ni].[SiH3][SiH3]. The second kappa shape index (κ2) is 38.3. The summed E-state index contributed by atoms with van der Waals surface area (Å²) < 4.78 is 0. The smallest absolute Gasteiger partial charge is 0 e. The molecule has 0 rings (SSSR count). The molecule has 0 atom stereocenters. The van der Waals surface area contributed by atoms with Crippen molar-refractivity contribution in [2.45, 2.75) is 0 Å². The van der Waals surface area contributed by atoms with Gasteiger partial charge in [0, 0.05) is 50.3 Å². The zero-order chi connectivity index (χ0) is 2.00. The first kappa shape index (κ1) is 28.3. The molecule has 0 radical (unpaired) electrons. The zero-order valence-corrected chi connectivity index (χ0v) is 10.3. The van der Waals surface area contributed by atoms with E-state index in [1.807, 2.05) is 0 Å². The van der Waals surface area contributed by atoms with Crippen LogP contribution in [0.5, 0.6) is 0 Å². The molecule has 0 unspecified atom stereocenters. The van der Waals surface area contributed by atoms with Crippen LogP contribution in [0.2, 0.25) is 0 Å². The van der Waals surface area contributed by atoms with Crippen LogP contribution < -0.4 is 0 Å². The van der Waals surface area contributed by atoms with Crippen LogP contribution in [0.25, 0.3) is 0 Å². The molecule has 0 aliphatic carbocycles. The average molecular weight is 232 g/mol. The molecule has 0 aliphatic heterocycles. The van der Waals surface area contributed by atoms with Crippen LogP contribution >= 0.6 is 0 Å². The summed E-state index contributed by atoms with van der Waals surface area (Å²) in [5, 5.41) is 0. The predicted molar refractivity (Wildman–Crippen MR) is 19.9 cm³/mol. The second-order valence-electron chi connectivity index (χ2n) is 0. The molecular weight excluding hydrogens is 226 g/mol. The van der Waals surface area contributed by atoms with Crippen molar-refractivity contribution in [1.29, 1.82) is 0 Å². The molecule has 5 heavy (non-hydrogen) atoms. The Hall–Kier alpha value is 1.95. The molecule has 0 aliphatic rings. The van der Waals surface area contributed by atoms with Gasteiger partial charge < -0.3 is 0 Å². The summed E-state index contributed by atoms with van der Waals surface area (Å²) >= 11 is 0. The maximum atomic E-state index is 1.44. The van der Waals surface area contributed by atoms with Gasteiger partial charge in [-0.1, -0.05) is 0 Å². The van der Waals surface area contributed by atoms with Crippen LogP contribution in [0.1, 0.15) is 0 Å². The number of rotatable bonds is 0. The third-order valence-corrected chi connectivity index (χ3v) is 0. The molecule has 5 heteroatoms. The van der Waals surface area contributed by atoms with Crippen molar-refractivity contribution >= 4 is 19.5 Å². The molecule has 0 bridgehead atoms. The summed E-state index contributed by atoms with van der Waals surface area (Å²) in [7, 11) is 2.89. The van der Waals surface area contributed by atoms with Gasteiger partial charge in [-0.25, -0.2) is 0 Å². The van der Waals surface area contributed by atoms with Crippen molar-refractivity contribution in [2.24, 2.45) is 0 Å². The van der Waals surface area contributed by atoms with Crippen molar-refractivity contribution in [3.8, 4) is 0 Å². The van der Waals surface area contributed by atoms with E-state index in [0.717, 1.165) is 0 Å². The maximum absolute atomic E-state index is 1.44. The fraction of sp³-hybridized carbons (Fsp3) is 0. The Kier molecular flexibility index (Phi) is 216. The Labute approximate surface area is 69.5 Å². The van der Waals surface area contributed by atoms with E-state index in [1.54, 1.807) is 0 Å². The van der Waals surface area contributed by atoms with E-state index in [0.29, 0.717) is 0 Å². The molecule has 0 heterocycles. The van der Waals surface area contributed by atoms with Gasteiger partial charge in [-0.2, -0.15) is 0 Å². The molecule has 0 saturated carbocycles. The van der Waals surface area contributed by atoms with Gasteiger partial charge in [0.2, 0.25) is 0 Å². The molecular formula is H6CrNi2Si2. The van der Waals surface area contributed by atoms with Gasteiger partial charge in [-0.3, -0.25) is 0 Å². The standard InChI is InChI=1S/Cr.2Ni.H6Si2/c;;;1-2/h;;;1-2H3. The molecule has 0 spiro atoms. The van der Waals surface area contributed by atoms with Gasteiger partial charge in [0.1, 0.15) is 0 Å². The first-order valence-electron chi connectivity index (χ1n) is 1.00. The third-order valence-electron chi connectivity index (χ3n) is 0. The van der Waals surface area contributed by atoms with E-state index in [4.69, 9.17) is 0 Å². The number of hydrogen-bond acceptors (Lipinski definition) is 0. The zero-order valence-electron chi connectivity index (χ0n) is 3.04. The van der Waals surface area contributed by atoms with Gasteiger partial charge >= 0.3 is 0 Å². The first-order valence-corrected chi connectivity index (χ1v) is 9.00. The topological polar surface area (TPSA) is 0 Å². The van der Waals surface area contributed by atoms with Crippen molar-refractivity contribution in [3.63, 3.8) is 0 Å². The van der Waals surface area contributed by atoms with Gasteiger partial charge in [0.15, 0.2) is 0 Å². The fourth-order valence-corrected chi connectivity index (χ4v) is 0. The Morgan fingerprint density at radius 1 is 0.800 bits per heavy atom. The third kappa shape index (κ3) is 24.4. The molecule has 40 valence electrons. The quantitative estimate of drug-likeness (QED) is 0.409. The van der Waals surface area contributed by atoms with E-state index in [-0.39, 0.29) is 50.3 Å². The second-order valence-corrected chi connectivity index (χ2v) is 0. The van der Waals surface area contributed by atoms with E-state index >= 15 is 0 Å². The normalized spacial score (nSPS) is 2.40. The number of hydrogen-bond donors (Lipinski definition) is 0.